The molecule has 1 heterocycles. The molecule has 0 saturated heterocycles. The minimum Gasteiger partial charge on any atom is -0.465 e. The number of benzene rings is 3. The fourth-order valence-electron chi connectivity index (χ4n) is 4.98. The molecule has 0 amide bonds. The van der Waals surface area contributed by atoms with Crippen LogP contribution >= 0.6 is 0 Å². The van der Waals surface area contributed by atoms with Crippen LogP contribution in [0.4, 0.5) is 0 Å². The van der Waals surface area contributed by atoms with Gasteiger partial charge in [-0.15, -0.1) is 0 Å². The van der Waals surface area contributed by atoms with E-state index in [1.807, 2.05) is 48.5 Å². The van der Waals surface area contributed by atoms with Gasteiger partial charge in [0.2, 0.25) is 0 Å². The highest BCUT2D eigenvalue weighted by Crippen LogP contribution is 2.39. The molecule has 0 aliphatic rings. The second-order valence-electron chi connectivity index (χ2n) is 8.85. The number of fused-ring (bicyclic) bond motifs is 1. The molecule has 3 aromatic carbocycles. The SMILES string of the molecule is CCOC(=O)C(CC(c1ccccc1)c1c(C)c2ccccc2n1Cc1ccccc1)C(=O)OCC. The predicted molar refractivity (Wildman–Crippen MR) is 142 cm³/mol. The second-order valence-corrected chi connectivity index (χ2v) is 8.85. The van der Waals surface area contributed by atoms with Gasteiger partial charge in [-0.3, -0.25) is 9.59 Å². The molecule has 0 aliphatic heterocycles. The van der Waals surface area contributed by atoms with Crippen LogP contribution in [-0.2, 0) is 25.6 Å². The molecule has 0 spiro atoms. The topological polar surface area (TPSA) is 57.5 Å². The van der Waals surface area contributed by atoms with E-state index in [2.05, 4.69) is 47.9 Å². The van der Waals surface area contributed by atoms with Crippen LogP contribution in [0.1, 0.15) is 48.6 Å². The van der Waals surface area contributed by atoms with Gasteiger partial charge in [-0.25, -0.2) is 0 Å². The maximum Gasteiger partial charge on any atom is 0.320 e. The zero-order valence-corrected chi connectivity index (χ0v) is 21.1. The van der Waals surface area contributed by atoms with Gasteiger partial charge in [-0.05, 0) is 49.9 Å². The molecule has 0 saturated carbocycles. The smallest absolute Gasteiger partial charge is 0.320 e. The van der Waals surface area contributed by atoms with Crippen molar-refractivity contribution in [2.24, 2.45) is 5.92 Å². The van der Waals surface area contributed by atoms with Crippen LogP contribution in [0.15, 0.2) is 84.9 Å². The van der Waals surface area contributed by atoms with E-state index < -0.39 is 17.9 Å². The lowest BCUT2D eigenvalue weighted by Crippen LogP contribution is -2.30. The Hall–Kier alpha value is -3.86. The number of ether oxygens (including phenoxy) is 2. The van der Waals surface area contributed by atoms with Crippen molar-refractivity contribution in [2.45, 2.75) is 39.7 Å². The molecule has 1 aromatic heterocycles. The quantitative estimate of drug-likeness (QED) is 0.197. The average molecular weight is 484 g/mol. The number of hydrogen-bond acceptors (Lipinski definition) is 4. The van der Waals surface area contributed by atoms with E-state index in [1.165, 1.54) is 5.56 Å². The van der Waals surface area contributed by atoms with Crippen LogP contribution in [-0.4, -0.2) is 29.7 Å². The summed E-state index contributed by atoms with van der Waals surface area (Å²) in [6.07, 6.45) is 0.258. The van der Waals surface area contributed by atoms with Crippen LogP contribution in [0, 0.1) is 12.8 Å². The van der Waals surface area contributed by atoms with Crippen molar-refractivity contribution in [1.82, 2.24) is 4.57 Å². The molecule has 4 aromatic rings. The van der Waals surface area contributed by atoms with Gasteiger partial charge < -0.3 is 14.0 Å². The third-order valence-corrected chi connectivity index (χ3v) is 6.60. The third kappa shape index (κ3) is 5.35. The first-order chi connectivity index (χ1) is 17.5. The minimum atomic E-state index is -1.02. The number of carbonyl (C=O) groups excluding carboxylic acids is 2. The Morgan fingerprint density at radius 1 is 0.778 bits per heavy atom. The molecular weight excluding hydrogens is 450 g/mol. The van der Waals surface area contributed by atoms with Crippen LogP contribution in [0.25, 0.3) is 10.9 Å². The number of aryl methyl sites for hydroxylation is 1. The highest BCUT2D eigenvalue weighted by molar-refractivity contribution is 5.95. The van der Waals surface area contributed by atoms with Gasteiger partial charge in [-0.2, -0.15) is 0 Å². The van der Waals surface area contributed by atoms with Crippen molar-refractivity contribution in [3.8, 4) is 0 Å². The molecule has 186 valence electrons. The standard InChI is InChI=1S/C31H33NO4/c1-4-35-30(33)27(31(34)36-5-2)20-26(24-16-10-7-11-17-24)29-22(3)25-18-12-13-19-28(25)32(29)21-23-14-8-6-9-15-23/h6-19,26-27H,4-5,20-21H2,1-3H3. The van der Waals surface area contributed by atoms with Gasteiger partial charge in [0.05, 0.1) is 13.2 Å². The number of esters is 2. The van der Waals surface area contributed by atoms with E-state index in [4.69, 9.17) is 9.47 Å². The molecule has 4 rings (SSSR count). The highest BCUT2D eigenvalue weighted by Gasteiger charge is 2.35. The summed E-state index contributed by atoms with van der Waals surface area (Å²) >= 11 is 0. The Morgan fingerprint density at radius 2 is 1.33 bits per heavy atom. The normalized spacial score (nSPS) is 12.0. The Bertz CT molecular complexity index is 1290. The van der Waals surface area contributed by atoms with Gasteiger partial charge in [0.25, 0.3) is 0 Å². The van der Waals surface area contributed by atoms with E-state index >= 15 is 0 Å². The van der Waals surface area contributed by atoms with Crippen molar-refractivity contribution >= 4 is 22.8 Å². The van der Waals surface area contributed by atoms with Crippen LogP contribution in [0.3, 0.4) is 0 Å². The molecule has 0 N–H and O–H groups in total. The van der Waals surface area contributed by atoms with Crippen LogP contribution in [0.2, 0.25) is 0 Å². The number of carbonyl (C=O) groups is 2. The lowest BCUT2D eigenvalue weighted by atomic mass is 9.84. The number of hydrogen-bond donors (Lipinski definition) is 0. The molecule has 1 unspecified atom stereocenters. The predicted octanol–water partition coefficient (Wildman–Crippen LogP) is 6.26. The fraction of sp³-hybridized carbons (Fsp3) is 0.290. The first-order valence-electron chi connectivity index (χ1n) is 12.5. The van der Waals surface area contributed by atoms with E-state index in [-0.39, 0.29) is 25.6 Å². The second kappa shape index (κ2) is 11.7. The summed E-state index contributed by atoms with van der Waals surface area (Å²) in [5, 5.41) is 1.16. The van der Waals surface area contributed by atoms with Gasteiger partial charge >= 0.3 is 11.9 Å². The highest BCUT2D eigenvalue weighted by atomic mass is 16.6. The number of nitrogens with zero attached hydrogens (tertiary/aromatic N) is 1. The van der Waals surface area contributed by atoms with Gasteiger partial charge in [-0.1, -0.05) is 78.9 Å². The maximum atomic E-state index is 13.0. The number of para-hydroxylation sites is 1. The third-order valence-electron chi connectivity index (χ3n) is 6.60. The number of aromatic nitrogens is 1. The maximum absolute atomic E-state index is 13.0. The summed E-state index contributed by atoms with van der Waals surface area (Å²) in [6.45, 7) is 6.71. The van der Waals surface area contributed by atoms with Gasteiger partial charge in [0.15, 0.2) is 5.92 Å². The summed E-state index contributed by atoms with van der Waals surface area (Å²) < 4.78 is 12.9. The summed E-state index contributed by atoms with van der Waals surface area (Å²) in [5.74, 6) is -2.32. The molecule has 1 atom stereocenters. The minimum absolute atomic E-state index is 0.206. The Balaban J connectivity index is 1.89. The van der Waals surface area contributed by atoms with E-state index in [1.54, 1.807) is 13.8 Å². The van der Waals surface area contributed by atoms with Crippen molar-refractivity contribution < 1.29 is 19.1 Å². The molecular formula is C31H33NO4. The molecule has 5 heteroatoms. The summed E-state index contributed by atoms with van der Waals surface area (Å²) in [7, 11) is 0. The Kier molecular flexibility index (Phi) is 8.21. The Morgan fingerprint density at radius 3 is 1.94 bits per heavy atom. The van der Waals surface area contributed by atoms with Crippen LogP contribution < -0.4 is 0 Å². The van der Waals surface area contributed by atoms with Crippen molar-refractivity contribution in [3.63, 3.8) is 0 Å². The molecule has 0 radical (unpaired) electrons. The monoisotopic (exact) mass is 483 g/mol. The van der Waals surface area contributed by atoms with Gasteiger partial charge in [0.1, 0.15) is 0 Å². The molecule has 0 bridgehead atoms. The molecule has 36 heavy (non-hydrogen) atoms. The van der Waals surface area contributed by atoms with Crippen molar-refractivity contribution in [2.75, 3.05) is 13.2 Å². The molecule has 5 nitrogen and oxygen atoms in total. The zero-order chi connectivity index (χ0) is 25.5. The molecule has 0 fully saturated rings. The first kappa shape index (κ1) is 25.2. The van der Waals surface area contributed by atoms with Gasteiger partial charge in [0, 0.05) is 29.1 Å². The van der Waals surface area contributed by atoms with Crippen molar-refractivity contribution in [1.29, 1.82) is 0 Å². The van der Waals surface area contributed by atoms with Crippen molar-refractivity contribution in [3.05, 3.63) is 107 Å². The fourth-order valence-corrected chi connectivity index (χ4v) is 4.98. The van der Waals surface area contributed by atoms with Crippen LogP contribution in [0.5, 0.6) is 0 Å². The summed E-state index contributed by atoms with van der Waals surface area (Å²) in [4.78, 5) is 25.9. The lowest BCUT2D eigenvalue weighted by molar-refractivity contribution is -0.162. The van der Waals surface area contributed by atoms with E-state index in [0.29, 0.717) is 6.54 Å². The largest absolute Gasteiger partial charge is 0.465 e. The molecule has 0 aliphatic carbocycles. The van der Waals surface area contributed by atoms with E-state index in [9.17, 15) is 9.59 Å². The summed E-state index contributed by atoms with van der Waals surface area (Å²) in [5.41, 5.74) is 5.57. The Labute approximate surface area is 212 Å². The lowest BCUT2D eigenvalue weighted by Gasteiger charge is -2.25. The zero-order valence-electron chi connectivity index (χ0n) is 21.1. The number of rotatable bonds is 10. The van der Waals surface area contributed by atoms with E-state index in [0.717, 1.165) is 27.7 Å². The first-order valence-corrected chi connectivity index (χ1v) is 12.5. The average Bonchev–Trinajstić information content (AvgIpc) is 3.17. The summed E-state index contributed by atoms with van der Waals surface area (Å²) in [6, 6.07) is 28.8.